The summed E-state index contributed by atoms with van der Waals surface area (Å²) in [5.41, 5.74) is 4.26. The van der Waals surface area contributed by atoms with Crippen molar-refractivity contribution in [3.8, 4) is 11.5 Å². The van der Waals surface area contributed by atoms with Crippen LogP contribution in [0.2, 0.25) is 0 Å². The van der Waals surface area contributed by atoms with Gasteiger partial charge in [-0.05, 0) is 41.8 Å². The van der Waals surface area contributed by atoms with E-state index >= 15 is 0 Å². The SMILES string of the molecule is C[C@H](NC(=O)C[C@@H](c1ccc2c(c1)OCO2)c1c[nH]c2ccccc12)c1ccccc1. The molecule has 0 radical (unpaired) electrons. The summed E-state index contributed by atoms with van der Waals surface area (Å²) in [7, 11) is 0. The summed E-state index contributed by atoms with van der Waals surface area (Å²) in [6.07, 6.45) is 2.34. The van der Waals surface area contributed by atoms with Crippen LogP contribution >= 0.6 is 0 Å². The molecule has 0 bridgehead atoms. The van der Waals surface area contributed by atoms with Crippen molar-refractivity contribution in [3.05, 3.63) is 95.7 Å². The van der Waals surface area contributed by atoms with Crippen molar-refractivity contribution < 1.29 is 14.3 Å². The number of carbonyl (C=O) groups excluding carboxylic acids is 1. The highest BCUT2D eigenvalue weighted by Gasteiger charge is 2.24. The zero-order valence-corrected chi connectivity index (χ0v) is 17.3. The number of aromatic nitrogens is 1. The molecule has 0 unspecified atom stereocenters. The fraction of sp³-hybridized carbons (Fsp3) is 0.192. The van der Waals surface area contributed by atoms with Crippen molar-refractivity contribution in [1.82, 2.24) is 10.3 Å². The molecule has 3 aromatic carbocycles. The molecule has 5 nitrogen and oxygen atoms in total. The Labute approximate surface area is 181 Å². The van der Waals surface area contributed by atoms with Crippen LogP contribution in [0, 0.1) is 0 Å². The van der Waals surface area contributed by atoms with Crippen LogP contribution in [-0.4, -0.2) is 17.7 Å². The van der Waals surface area contributed by atoms with Crippen molar-refractivity contribution in [2.24, 2.45) is 0 Å². The van der Waals surface area contributed by atoms with Crippen molar-refractivity contribution in [2.75, 3.05) is 6.79 Å². The van der Waals surface area contributed by atoms with E-state index in [1.807, 2.05) is 79.9 Å². The molecule has 4 aromatic rings. The molecular weight excluding hydrogens is 388 g/mol. The summed E-state index contributed by atoms with van der Waals surface area (Å²) in [5.74, 6) is 1.35. The van der Waals surface area contributed by atoms with E-state index in [9.17, 15) is 4.79 Å². The lowest BCUT2D eigenvalue weighted by Gasteiger charge is -2.20. The predicted octanol–water partition coefficient (Wildman–Crippen LogP) is 5.30. The van der Waals surface area contributed by atoms with Gasteiger partial charge in [-0.25, -0.2) is 0 Å². The van der Waals surface area contributed by atoms with Crippen LogP contribution < -0.4 is 14.8 Å². The number of benzene rings is 3. The van der Waals surface area contributed by atoms with Gasteiger partial charge in [0, 0.05) is 29.4 Å². The molecule has 1 aromatic heterocycles. The van der Waals surface area contributed by atoms with Crippen molar-refractivity contribution in [1.29, 1.82) is 0 Å². The molecular formula is C26H24N2O3. The van der Waals surface area contributed by atoms with Crippen LogP contribution in [0.3, 0.4) is 0 Å². The Bertz CT molecular complexity index is 1220. The predicted molar refractivity (Wildman–Crippen MR) is 120 cm³/mol. The van der Waals surface area contributed by atoms with Gasteiger partial charge < -0.3 is 19.8 Å². The Morgan fingerprint density at radius 1 is 0.968 bits per heavy atom. The van der Waals surface area contributed by atoms with Gasteiger partial charge in [-0.3, -0.25) is 4.79 Å². The molecule has 5 rings (SSSR count). The lowest BCUT2D eigenvalue weighted by Crippen LogP contribution is -2.28. The summed E-state index contributed by atoms with van der Waals surface area (Å²) in [5, 5.41) is 4.27. The number of nitrogens with one attached hydrogen (secondary N) is 2. The number of hydrogen-bond donors (Lipinski definition) is 2. The lowest BCUT2D eigenvalue weighted by molar-refractivity contribution is -0.121. The summed E-state index contributed by atoms with van der Waals surface area (Å²) in [6, 6.07) is 24.0. The largest absolute Gasteiger partial charge is 0.454 e. The normalized spacial score (nSPS) is 14.4. The Morgan fingerprint density at radius 2 is 1.74 bits per heavy atom. The second kappa shape index (κ2) is 8.19. The van der Waals surface area contributed by atoms with Gasteiger partial charge in [0.05, 0.1) is 6.04 Å². The number of ether oxygens (including phenoxy) is 2. The van der Waals surface area contributed by atoms with Crippen molar-refractivity contribution in [2.45, 2.75) is 25.3 Å². The molecule has 156 valence electrons. The van der Waals surface area contributed by atoms with Gasteiger partial charge >= 0.3 is 0 Å². The molecule has 1 aliphatic rings. The molecule has 5 heteroatoms. The zero-order chi connectivity index (χ0) is 21.2. The standard InChI is InChI=1S/C26H24N2O3/c1-17(18-7-3-2-4-8-18)28-26(29)14-21(19-11-12-24-25(13-19)31-16-30-24)22-15-27-23-10-6-5-9-20(22)23/h2-13,15,17,21,27H,14,16H2,1H3,(H,28,29)/t17-,21-/m0/s1. The minimum absolute atomic E-state index is 0.00398. The third kappa shape index (κ3) is 3.87. The highest BCUT2D eigenvalue weighted by atomic mass is 16.7. The number of fused-ring (bicyclic) bond motifs is 2. The van der Waals surface area contributed by atoms with E-state index in [2.05, 4.69) is 16.4 Å². The molecule has 0 saturated carbocycles. The maximum Gasteiger partial charge on any atom is 0.231 e. The number of carbonyl (C=O) groups is 1. The maximum absolute atomic E-state index is 13.1. The molecule has 0 saturated heterocycles. The fourth-order valence-electron chi connectivity index (χ4n) is 4.23. The second-order valence-corrected chi connectivity index (χ2v) is 7.86. The van der Waals surface area contributed by atoms with E-state index in [1.165, 1.54) is 0 Å². The van der Waals surface area contributed by atoms with E-state index in [1.54, 1.807) is 0 Å². The number of para-hydroxylation sites is 1. The first-order valence-corrected chi connectivity index (χ1v) is 10.5. The number of aromatic amines is 1. The van der Waals surface area contributed by atoms with E-state index < -0.39 is 0 Å². The zero-order valence-electron chi connectivity index (χ0n) is 17.3. The van der Waals surface area contributed by atoms with Gasteiger partial charge in [0.25, 0.3) is 0 Å². The van der Waals surface area contributed by atoms with Crippen LogP contribution in [0.4, 0.5) is 0 Å². The Morgan fingerprint density at radius 3 is 2.61 bits per heavy atom. The number of amides is 1. The number of hydrogen-bond acceptors (Lipinski definition) is 3. The Hall–Kier alpha value is -3.73. The first-order valence-electron chi connectivity index (χ1n) is 10.5. The van der Waals surface area contributed by atoms with E-state index in [4.69, 9.17) is 9.47 Å². The minimum Gasteiger partial charge on any atom is -0.454 e. The first-order chi connectivity index (χ1) is 15.2. The first kappa shape index (κ1) is 19.2. The van der Waals surface area contributed by atoms with Gasteiger partial charge in [0.15, 0.2) is 11.5 Å². The maximum atomic E-state index is 13.1. The second-order valence-electron chi connectivity index (χ2n) is 7.86. The summed E-state index contributed by atoms with van der Waals surface area (Å²) < 4.78 is 11.1. The van der Waals surface area contributed by atoms with E-state index in [0.29, 0.717) is 6.42 Å². The number of rotatable bonds is 6. The summed E-state index contributed by atoms with van der Waals surface area (Å²) >= 11 is 0. The Kier molecular flexibility index (Phi) is 5.08. The van der Waals surface area contributed by atoms with Gasteiger partial charge in [0.2, 0.25) is 12.7 Å². The molecule has 31 heavy (non-hydrogen) atoms. The third-order valence-electron chi connectivity index (χ3n) is 5.86. The highest BCUT2D eigenvalue weighted by molar-refractivity contribution is 5.86. The molecule has 2 atom stereocenters. The summed E-state index contributed by atoms with van der Waals surface area (Å²) in [4.78, 5) is 16.4. The minimum atomic E-state index is -0.117. The number of H-pyrrole nitrogens is 1. The molecule has 0 aliphatic carbocycles. The quantitative estimate of drug-likeness (QED) is 0.452. The van der Waals surface area contributed by atoms with Gasteiger partial charge in [0.1, 0.15) is 0 Å². The third-order valence-corrected chi connectivity index (χ3v) is 5.86. The van der Waals surface area contributed by atoms with Crippen LogP contribution in [0.25, 0.3) is 10.9 Å². The van der Waals surface area contributed by atoms with Crippen LogP contribution in [0.15, 0.2) is 79.0 Å². The van der Waals surface area contributed by atoms with Crippen molar-refractivity contribution in [3.63, 3.8) is 0 Å². The molecule has 0 spiro atoms. The highest BCUT2D eigenvalue weighted by Crippen LogP contribution is 2.39. The smallest absolute Gasteiger partial charge is 0.231 e. The van der Waals surface area contributed by atoms with Gasteiger partial charge in [-0.1, -0.05) is 54.6 Å². The van der Waals surface area contributed by atoms with Crippen molar-refractivity contribution >= 4 is 16.8 Å². The Balaban J connectivity index is 1.46. The molecule has 0 fully saturated rings. The summed E-state index contributed by atoms with van der Waals surface area (Å²) in [6.45, 7) is 2.24. The fourth-order valence-corrected chi connectivity index (χ4v) is 4.23. The van der Waals surface area contributed by atoms with Gasteiger partial charge in [-0.2, -0.15) is 0 Å². The topological polar surface area (TPSA) is 63.4 Å². The van der Waals surface area contributed by atoms with Crippen LogP contribution in [-0.2, 0) is 4.79 Å². The van der Waals surface area contributed by atoms with Crippen LogP contribution in [0.1, 0.15) is 42.0 Å². The average molecular weight is 412 g/mol. The molecule has 1 aliphatic heterocycles. The molecule has 2 N–H and O–H groups in total. The molecule has 2 heterocycles. The average Bonchev–Trinajstić information content (AvgIpc) is 3.44. The molecule has 1 amide bonds. The van der Waals surface area contributed by atoms with Crippen LogP contribution in [0.5, 0.6) is 11.5 Å². The lowest BCUT2D eigenvalue weighted by atomic mass is 9.87. The van der Waals surface area contributed by atoms with Gasteiger partial charge in [-0.15, -0.1) is 0 Å². The van der Waals surface area contributed by atoms with E-state index in [0.717, 1.165) is 39.1 Å². The monoisotopic (exact) mass is 412 g/mol. The van der Waals surface area contributed by atoms with E-state index in [-0.39, 0.29) is 24.7 Å².